The average molecular weight is 268 g/mol. The molecular formula is C19H39. The van der Waals surface area contributed by atoms with Gasteiger partial charge in [-0.2, -0.15) is 0 Å². The van der Waals surface area contributed by atoms with Crippen LogP contribution in [0.5, 0.6) is 0 Å². The number of hydrogen-bond donors (Lipinski definition) is 0. The summed E-state index contributed by atoms with van der Waals surface area (Å²) in [6, 6.07) is 0. The first-order valence-corrected chi connectivity index (χ1v) is 8.69. The Labute approximate surface area is 123 Å². The zero-order valence-electron chi connectivity index (χ0n) is 14.8. The maximum Gasteiger partial charge on any atom is -0.0156 e. The van der Waals surface area contributed by atoms with E-state index in [0.29, 0.717) is 5.41 Å². The molecule has 0 saturated carbocycles. The monoisotopic (exact) mass is 267 g/mol. The van der Waals surface area contributed by atoms with E-state index in [4.69, 9.17) is 0 Å². The Hall–Kier alpha value is 0. The van der Waals surface area contributed by atoms with Gasteiger partial charge in [0.25, 0.3) is 0 Å². The molecule has 0 spiro atoms. The molecule has 0 amide bonds. The van der Waals surface area contributed by atoms with E-state index < -0.39 is 0 Å². The molecule has 0 aliphatic carbocycles. The minimum Gasteiger partial charge on any atom is -0.0654 e. The zero-order chi connectivity index (χ0) is 14.9. The lowest BCUT2D eigenvalue weighted by Crippen LogP contribution is -2.27. The average Bonchev–Trinajstić information content (AvgIpc) is 2.28. The van der Waals surface area contributed by atoms with E-state index in [1.165, 1.54) is 51.4 Å². The van der Waals surface area contributed by atoms with Crippen molar-refractivity contribution in [3.05, 3.63) is 5.92 Å². The van der Waals surface area contributed by atoms with Crippen molar-refractivity contribution < 1.29 is 0 Å². The Kier molecular flexibility index (Phi) is 9.83. The smallest absolute Gasteiger partial charge is 0.0156 e. The Morgan fingerprint density at radius 2 is 1.47 bits per heavy atom. The standard InChI is InChI=1S/C19H39/c1-8-10-12-14-18(19(5,6)7)17(13-11-9-2)15-16(3)4/h16-17H,8-15H2,1-7H3. The fourth-order valence-corrected chi connectivity index (χ4v) is 3.21. The van der Waals surface area contributed by atoms with Crippen LogP contribution in [-0.2, 0) is 0 Å². The highest BCUT2D eigenvalue weighted by Crippen LogP contribution is 2.43. The summed E-state index contributed by atoms with van der Waals surface area (Å²) in [6.07, 6.45) is 11.0. The van der Waals surface area contributed by atoms with Crippen molar-refractivity contribution >= 4 is 0 Å². The molecule has 115 valence electrons. The molecule has 0 heterocycles. The summed E-state index contributed by atoms with van der Waals surface area (Å²) < 4.78 is 0. The quantitative estimate of drug-likeness (QED) is 0.372. The summed E-state index contributed by atoms with van der Waals surface area (Å²) in [7, 11) is 0. The molecule has 0 nitrogen and oxygen atoms in total. The number of unbranched alkanes of at least 4 members (excludes halogenated alkanes) is 3. The molecule has 0 aromatic carbocycles. The van der Waals surface area contributed by atoms with E-state index in [1.54, 1.807) is 0 Å². The molecule has 1 atom stereocenters. The molecule has 0 aliphatic rings. The molecule has 0 saturated heterocycles. The third-order valence-electron chi connectivity index (χ3n) is 4.17. The highest BCUT2D eigenvalue weighted by Gasteiger charge is 2.32. The van der Waals surface area contributed by atoms with E-state index in [0.717, 1.165) is 11.8 Å². The lowest BCUT2D eigenvalue weighted by atomic mass is 9.67. The Morgan fingerprint density at radius 1 is 0.895 bits per heavy atom. The van der Waals surface area contributed by atoms with Crippen LogP contribution >= 0.6 is 0 Å². The first-order chi connectivity index (χ1) is 8.82. The fourth-order valence-electron chi connectivity index (χ4n) is 3.21. The van der Waals surface area contributed by atoms with Crippen LogP contribution in [0.15, 0.2) is 0 Å². The highest BCUT2D eigenvalue weighted by atomic mass is 14.4. The molecular weight excluding hydrogens is 228 g/mol. The molecule has 0 aliphatic heterocycles. The van der Waals surface area contributed by atoms with Gasteiger partial charge in [0.1, 0.15) is 0 Å². The first kappa shape index (κ1) is 19.0. The summed E-state index contributed by atoms with van der Waals surface area (Å²) in [6.45, 7) is 16.7. The second-order valence-electron chi connectivity index (χ2n) is 7.70. The van der Waals surface area contributed by atoms with Gasteiger partial charge in [0.05, 0.1) is 0 Å². The van der Waals surface area contributed by atoms with Crippen LogP contribution in [-0.4, -0.2) is 0 Å². The molecule has 0 aromatic rings. The van der Waals surface area contributed by atoms with Crippen LogP contribution < -0.4 is 0 Å². The molecule has 0 aromatic heterocycles. The molecule has 0 N–H and O–H groups in total. The molecule has 0 bridgehead atoms. The topological polar surface area (TPSA) is 0 Å². The van der Waals surface area contributed by atoms with Crippen LogP contribution in [0, 0.1) is 23.2 Å². The Morgan fingerprint density at radius 3 is 1.89 bits per heavy atom. The largest absolute Gasteiger partial charge is 0.0654 e. The van der Waals surface area contributed by atoms with Gasteiger partial charge in [-0.15, -0.1) is 0 Å². The van der Waals surface area contributed by atoms with Crippen molar-refractivity contribution in [1.82, 2.24) is 0 Å². The van der Waals surface area contributed by atoms with Crippen molar-refractivity contribution in [2.75, 3.05) is 0 Å². The molecule has 19 heavy (non-hydrogen) atoms. The van der Waals surface area contributed by atoms with E-state index in [2.05, 4.69) is 48.5 Å². The first-order valence-electron chi connectivity index (χ1n) is 8.69. The van der Waals surface area contributed by atoms with Gasteiger partial charge in [-0.05, 0) is 42.4 Å². The number of hydrogen-bond acceptors (Lipinski definition) is 0. The summed E-state index contributed by atoms with van der Waals surface area (Å²) in [4.78, 5) is 0. The van der Waals surface area contributed by atoms with Crippen LogP contribution in [0.3, 0.4) is 0 Å². The van der Waals surface area contributed by atoms with E-state index in [-0.39, 0.29) is 0 Å². The third kappa shape index (κ3) is 8.71. The molecule has 1 unspecified atom stereocenters. The van der Waals surface area contributed by atoms with Gasteiger partial charge in [-0.25, -0.2) is 0 Å². The highest BCUT2D eigenvalue weighted by molar-refractivity contribution is 5.05. The lowest BCUT2D eigenvalue weighted by molar-refractivity contribution is 0.268. The maximum absolute atomic E-state index is 2.42. The normalized spacial score (nSPS) is 14.4. The fraction of sp³-hybridized carbons (Fsp3) is 0.947. The van der Waals surface area contributed by atoms with E-state index in [9.17, 15) is 0 Å². The SMILES string of the molecule is CCCCC[C](C(CCCC)CC(C)C)C(C)(C)C. The van der Waals surface area contributed by atoms with Crippen LogP contribution in [0.25, 0.3) is 0 Å². The van der Waals surface area contributed by atoms with Crippen LogP contribution in [0.1, 0.15) is 99.8 Å². The third-order valence-corrected chi connectivity index (χ3v) is 4.17. The summed E-state index contributed by atoms with van der Waals surface area (Å²) in [5.41, 5.74) is 0.390. The molecule has 0 fully saturated rings. The Bertz CT molecular complexity index is 197. The minimum absolute atomic E-state index is 0.390. The van der Waals surface area contributed by atoms with Crippen molar-refractivity contribution in [2.24, 2.45) is 17.3 Å². The predicted octanol–water partition coefficient (Wildman–Crippen LogP) is 7.04. The van der Waals surface area contributed by atoms with Crippen LogP contribution in [0.4, 0.5) is 0 Å². The van der Waals surface area contributed by atoms with Gasteiger partial charge in [-0.1, -0.05) is 80.6 Å². The lowest BCUT2D eigenvalue weighted by Gasteiger charge is -2.38. The Balaban J connectivity index is 4.69. The van der Waals surface area contributed by atoms with Crippen molar-refractivity contribution in [3.8, 4) is 0 Å². The minimum atomic E-state index is 0.390. The van der Waals surface area contributed by atoms with Gasteiger partial charge in [0.15, 0.2) is 0 Å². The second kappa shape index (κ2) is 9.83. The predicted molar refractivity (Wildman–Crippen MR) is 89.3 cm³/mol. The molecule has 0 heteroatoms. The molecule has 0 rings (SSSR count). The second-order valence-corrected chi connectivity index (χ2v) is 7.70. The summed E-state index contributed by atoms with van der Waals surface area (Å²) in [5.74, 6) is 3.53. The zero-order valence-corrected chi connectivity index (χ0v) is 14.8. The van der Waals surface area contributed by atoms with Crippen molar-refractivity contribution in [2.45, 2.75) is 99.8 Å². The van der Waals surface area contributed by atoms with Crippen LogP contribution in [0.2, 0.25) is 0 Å². The van der Waals surface area contributed by atoms with Gasteiger partial charge < -0.3 is 0 Å². The number of rotatable bonds is 10. The summed E-state index contributed by atoms with van der Waals surface area (Å²) in [5, 5.41) is 0. The van der Waals surface area contributed by atoms with Gasteiger partial charge >= 0.3 is 0 Å². The van der Waals surface area contributed by atoms with Crippen molar-refractivity contribution in [1.29, 1.82) is 0 Å². The van der Waals surface area contributed by atoms with Gasteiger partial charge in [0, 0.05) is 0 Å². The van der Waals surface area contributed by atoms with Crippen molar-refractivity contribution in [3.63, 3.8) is 0 Å². The van der Waals surface area contributed by atoms with E-state index >= 15 is 0 Å². The summed E-state index contributed by atoms with van der Waals surface area (Å²) >= 11 is 0. The van der Waals surface area contributed by atoms with Gasteiger partial charge in [-0.3, -0.25) is 0 Å². The van der Waals surface area contributed by atoms with E-state index in [1.807, 2.05) is 5.92 Å². The maximum atomic E-state index is 2.42. The van der Waals surface area contributed by atoms with Gasteiger partial charge in [0.2, 0.25) is 0 Å². The molecule has 1 radical (unpaired) electrons.